The van der Waals surface area contributed by atoms with Gasteiger partial charge in [-0.2, -0.15) is 0 Å². The number of rotatable bonds is 6. The molecule has 1 amide bonds. The van der Waals surface area contributed by atoms with E-state index in [2.05, 4.69) is 17.2 Å². The van der Waals surface area contributed by atoms with Crippen LogP contribution < -0.4 is 10.9 Å². The lowest BCUT2D eigenvalue weighted by atomic mass is 10.1. The van der Waals surface area contributed by atoms with Gasteiger partial charge in [-0.15, -0.1) is 0 Å². The lowest BCUT2D eigenvalue weighted by molar-refractivity contribution is 0.0936. The minimum atomic E-state index is -0.352. The molecule has 0 fully saturated rings. The number of unbranched alkanes of at least 4 members (excludes halogenated alkanes) is 2. The third-order valence-electron chi connectivity index (χ3n) is 3.48. The maximum absolute atomic E-state index is 12.3. The Balaban J connectivity index is 2.13. The summed E-state index contributed by atoms with van der Waals surface area (Å²) in [6.45, 7) is 4.10. The van der Waals surface area contributed by atoms with Crippen molar-refractivity contribution in [3.05, 3.63) is 46.5 Å². The van der Waals surface area contributed by atoms with Gasteiger partial charge in [0.1, 0.15) is 11.2 Å². The van der Waals surface area contributed by atoms with E-state index < -0.39 is 0 Å². The highest BCUT2D eigenvalue weighted by Gasteiger charge is 2.15. The summed E-state index contributed by atoms with van der Waals surface area (Å²) in [5, 5.41) is 2.87. The van der Waals surface area contributed by atoms with Crippen molar-refractivity contribution in [3.63, 3.8) is 0 Å². The largest absolute Gasteiger partial charge is 0.349 e. The van der Waals surface area contributed by atoms with Gasteiger partial charge in [0.2, 0.25) is 0 Å². The minimum Gasteiger partial charge on any atom is -0.349 e. The number of hydrogen-bond donors (Lipinski definition) is 1. The highest BCUT2D eigenvalue weighted by atomic mass is 16.2. The zero-order chi connectivity index (χ0) is 15.2. The number of hydrogen-bond acceptors (Lipinski definition) is 3. The molecule has 0 bridgehead atoms. The monoisotopic (exact) mass is 287 g/mol. The van der Waals surface area contributed by atoms with E-state index in [0.29, 0.717) is 5.65 Å². The van der Waals surface area contributed by atoms with Gasteiger partial charge in [0, 0.05) is 18.4 Å². The summed E-state index contributed by atoms with van der Waals surface area (Å²) in [5.74, 6) is -0.352. The second-order valence-corrected chi connectivity index (χ2v) is 5.28. The van der Waals surface area contributed by atoms with Crippen molar-refractivity contribution < 1.29 is 4.79 Å². The molecule has 0 spiro atoms. The number of nitrogens with one attached hydrogen (secondary N) is 1. The first-order valence-corrected chi connectivity index (χ1v) is 7.40. The SMILES string of the molecule is CCCCCC(C)NC(=O)c1cnc2ccccn2c1=O. The molecule has 1 N–H and O–H groups in total. The van der Waals surface area contributed by atoms with Gasteiger partial charge in [0.15, 0.2) is 0 Å². The summed E-state index contributed by atoms with van der Waals surface area (Å²) in [5.41, 5.74) is 0.287. The Labute approximate surface area is 124 Å². The third kappa shape index (κ3) is 3.68. The van der Waals surface area contributed by atoms with Crippen molar-refractivity contribution in [2.45, 2.75) is 45.6 Å². The topological polar surface area (TPSA) is 63.5 Å². The van der Waals surface area contributed by atoms with E-state index in [1.54, 1.807) is 24.4 Å². The number of nitrogens with zero attached hydrogens (tertiary/aromatic N) is 2. The fraction of sp³-hybridized carbons (Fsp3) is 0.438. The standard InChI is InChI=1S/C16H21N3O2/c1-3-4-5-8-12(2)18-15(20)13-11-17-14-9-6-7-10-19(14)16(13)21/h6-7,9-12H,3-5,8H2,1-2H3,(H,18,20). The zero-order valence-electron chi connectivity index (χ0n) is 12.5. The van der Waals surface area contributed by atoms with Gasteiger partial charge in [-0.1, -0.05) is 32.3 Å². The van der Waals surface area contributed by atoms with Gasteiger partial charge in [0.25, 0.3) is 11.5 Å². The molecule has 0 aromatic carbocycles. The number of carbonyl (C=O) groups is 1. The van der Waals surface area contributed by atoms with Crippen LogP contribution in [0.4, 0.5) is 0 Å². The van der Waals surface area contributed by atoms with E-state index in [9.17, 15) is 9.59 Å². The Morgan fingerprint density at radius 3 is 2.95 bits per heavy atom. The van der Waals surface area contributed by atoms with Gasteiger partial charge in [-0.3, -0.25) is 14.0 Å². The van der Waals surface area contributed by atoms with Crippen LogP contribution in [-0.4, -0.2) is 21.3 Å². The second kappa shape index (κ2) is 7.02. The Hall–Kier alpha value is -2.17. The van der Waals surface area contributed by atoms with E-state index in [1.807, 2.05) is 6.92 Å². The van der Waals surface area contributed by atoms with Crippen LogP contribution in [0.1, 0.15) is 49.9 Å². The van der Waals surface area contributed by atoms with Crippen molar-refractivity contribution in [2.24, 2.45) is 0 Å². The summed E-state index contributed by atoms with van der Waals surface area (Å²) in [6, 6.07) is 5.33. The molecule has 0 aliphatic heterocycles. The molecule has 5 nitrogen and oxygen atoms in total. The molecule has 0 saturated heterocycles. The summed E-state index contributed by atoms with van der Waals surface area (Å²) in [7, 11) is 0. The fourth-order valence-corrected chi connectivity index (χ4v) is 2.26. The Bertz CT molecular complexity index is 679. The van der Waals surface area contributed by atoms with Crippen LogP contribution in [0, 0.1) is 0 Å². The second-order valence-electron chi connectivity index (χ2n) is 5.28. The summed E-state index contributed by atoms with van der Waals surface area (Å²) in [6.07, 6.45) is 7.27. The molecule has 1 atom stereocenters. The molecule has 0 saturated carbocycles. The van der Waals surface area contributed by atoms with Crippen LogP contribution in [0.5, 0.6) is 0 Å². The first-order valence-electron chi connectivity index (χ1n) is 7.40. The predicted octanol–water partition coefficient (Wildman–Crippen LogP) is 2.39. The van der Waals surface area contributed by atoms with Crippen LogP contribution in [0.15, 0.2) is 35.4 Å². The van der Waals surface area contributed by atoms with E-state index in [1.165, 1.54) is 10.6 Å². The Morgan fingerprint density at radius 2 is 2.19 bits per heavy atom. The molecule has 0 aliphatic carbocycles. The Morgan fingerprint density at radius 1 is 1.38 bits per heavy atom. The molecular weight excluding hydrogens is 266 g/mol. The number of carbonyl (C=O) groups excluding carboxylic acids is 1. The average Bonchev–Trinajstić information content (AvgIpc) is 2.48. The quantitative estimate of drug-likeness (QED) is 0.830. The Kier molecular flexibility index (Phi) is 5.09. The predicted molar refractivity (Wildman–Crippen MR) is 82.5 cm³/mol. The normalized spacial score (nSPS) is 12.3. The van der Waals surface area contributed by atoms with Gasteiger partial charge in [-0.05, 0) is 25.5 Å². The summed E-state index contributed by atoms with van der Waals surface area (Å²) in [4.78, 5) is 28.6. The van der Waals surface area contributed by atoms with Crippen LogP contribution in [0.25, 0.3) is 5.65 Å². The maximum atomic E-state index is 12.3. The molecule has 1 unspecified atom stereocenters. The van der Waals surface area contributed by atoms with E-state index >= 15 is 0 Å². The van der Waals surface area contributed by atoms with Crippen LogP contribution >= 0.6 is 0 Å². The van der Waals surface area contributed by atoms with Gasteiger partial charge >= 0.3 is 0 Å². The van der Waals surface area contributed by atoms with Crippen molar-refractivity contribution in [1.29, 1.82) is 0 Å². The zero-order valence-corrected chi connectivity index (χ0v) is 12.5. The molecule has 21 heavy (non-hydrogen) atoms. The summed E-state index contributed by atoms with van der Waals surface area (Å²) >= 11 is 0. The van der Waals surface area contributed by atoms with Crippen molar-refractivity contribution in [1.82, 2.24) is 14.7 Å². The van der Waals surface area contributed by atoms with E-state index in [4.69, 9.17) is 0 Å². The lowest BCUT2D eigenvalue weighted by Crippen LogP contribution is -2.36. The van der Waals surface area contributed by atoms with Gasteiger partial charge in [0.05, 0.1) is 0 Å². The van der Waals surface area contributed by atoms with Crippen molar-refractivity contribution in [3.8, 4) is 0 Å². The smallest absolute Gasteiger partial charge is 0.270 e. The summed E-state index contributed by atoms with van der Waals surface area (Å²) < 4.78 is 1.39. The molecule has 2 heterocycles. The van der Waals surface area contributed by atoms with Crippen molar-refractivity contribution >= 4 is 11.6 Å². The molecular formula is C16H21N3O2. The molecule has 2 rings (SSSR count). The molecule has 2 aromatic rings. The van der Waals surface area contributed by atoms with Crippen LogP contribution in [-0.2, 0) is 0 Å². The number of aromatic nitrogens is 2. The highest BCUT2D eigenvalue weighted by molar-refractivity contribution is 5.93. The third-order valence-corrected chi connectivity index (χ3v) is 3.48. The average molecular weight is 287 g/mol. The molecule has 112 valence electrons. The first-order chi connectivity index (χ1) is 10.1. The lowest BCUT2D eigenvalue weighted by Gasteiger charge is -2.13. The fourth-order valence-electron chi connectivity index (χ4n) is 2.26. The van der Waals surface area contributed by atoms with Gasteiger partial charge < -0.3 is 5.32 Å². The minimum absolute atomic E-state index is 0.0555. The van der Waals surface area contributed by atoms with E-state index in [0.717, 1.165) is 25.7 Å². The van der Waals surface area contributed by atoms with E-state index in [-0.39, 0.29) is 23.1 Å². The maximum Gasteiger partial charge on any atom is 0.270 e. The number of amides is 1. The molecule has 0 radical (unpaired) electrons. The first kappa shape index (κ1) is 15.2. The highest BCUT2D eigenvalue weighted by Crippen LogP contribution is 2.04. The number of fused-ring (bicyclic) bond motifs is 1. The molecule has 0 aliphatic rings. The van der Waals surface area contributed by atoms with Crippen LogP contribution in [0.2, 0.25) is 0 Å². The number of pyridine rings is 1. The van der Waals surface area contributed by atoms with Crippen LogP contribution in [0.3, 0.4) is 0 Å². The van der Waals surface area contributed by atoms with Gasteiger partial charge in [-0.25, -0.2) is 4.98 Å². The van der Waals surface area contributed by atoms with Crippen molar-refractivity contribution in [2.75, 3.05) is 0 Å². The molecule has 5 heteroatoms. The molecule has 2 aromatic heterocycles.